The molecule has 0 aromatic heterocycles. The highest BCUT2D eigenvalue weighted by molar-refractivity contribution is 5.82. The van der Waals surface area contributed by atoms with E-state index >= 15 is 0 Å². The van der Waals surface area contributed by atoms with Crippen LogP contribution in [0.1, 0.15) is 32.1 Å². The lowest BCUT2D eigenvalue weighted by molar-refractivity contribution is 0.215. The van der Waals surface area contributed by atoms with Gasteiger partial charge in [-0.1, -0.05) is 25.3 Å². The third-order valence-corrected chi connectivity index (χ3v) is 4.61. The average molecular weight is 245 g/mol. The van der Waals surface area contributed by atoms with Gasteiger partial charge in [0.2, 0.25) is 0 Å². The van der Waals surface area contributed by atoms with Crippen LogP contribution in [-0.4, -0.2) is 20.1 Å². The van der Waals surface area contributed by atoms with Crippen molar-refractivity contribution in [3.05, 3.63) is 18.2 Å². The Morgan fingerprint density at radius 2 is 2.00 bits per heavy atom. The number of nitrogen functional groups attached to an aromatic ring is 1. The molecule has 0 atom stereocenters. The van der Waals surface area contributed by atoms with Crippen LogP contribution in [-0.2, 0) is 0 Å². The van der Waals surface area contributed by atoms with Crippen molar-refractivity contribution in [2.75, 3.05) is 36.1 Å². The molecule has 1 aromatic rings. The fourth-order valence-electron chi connectivity index (χ4n) is 3.62. The lowest BCUT2D eigenvalue weighted by Gasteiger charge is -2.38. The van der Waals surface area contributed by atoms with Gasteiger partial charge in [0.25, 0.3) is 0 Å². The van der Waals surface area contributed by atoms with E-state index in [0.717, 1.165) is 24.5 Å². The molecular formula is C15H23N3. The zero-order chi connectivity index (χ0) is 12.6. The normalized spacial score (nSPS) is 22.2. The lowest BCUT2D eigenvalue weighted by atomic mass is 9.74. The number of rotatable bonds is 0. The van der Waals surface area contributed by atoms with Crippen LogP contribution < -0.4 is 16.0 Å². The van der Waals surface area contributed by atoms with Crippen molar-refractivity contribution >= 4 is 17.1 Å². The number of benzene rings is 1. The van der Waals surface area contributed by atoms with Crippen molar-refractivity contribution in [1.29, 1.82) is 0 Å². The van der Waals surface area contributed by atoms with Crippen LogP contribution in [0.4, 0.5) is 17.1 Å². The molecule has 0 saturated heterocycles. The number of hydrogen-bond acceptors (Lipinski definition) is 3. The van der Waals surface area contributed by atoms with E-state index in [1.54, 1.807) is 0 Å². The van der Waals surface area contributed by atoms with Gasteiger partial charge in [0, 0.05) is 25.6 Å². The molecule has 1 aliphatic heterocycles. The molecule has 1 aromatic carbocycles. The van der Waals surface area contributed by atoms with Crippen molar-refractivity contribution < 1.29 is 0 Å². The van der Waals surface area contributed by atoms with E-state index in [0.29, 0.717) is 5.41 Å². The summed E-state index contributed by atoms with van der Waals surface area (Å²) in [5.74, 6) is 0. The van der Waals surface area contributed by atoms with Crippen molar-refractivity contribution in [3.8, 4) is 0 Å². The van der Waals surface area contributed by atoms with Crippen molar-refractivity contribution in [2.24, 2.45) is 5.41 Å². The quantitative estimate of drug-likeness (QED) is 0.690. The molecule has 3 heteroatoms. The highest BCUT2D eigenvalue weighted by Crippen LogP contribution is 2.43. The topological polar surface area (TPSA) is 41.3 Å². The Balaban J connectivity index is 1.92. The van der Waals surface area contributed by atoms with Gasteiger partial charge in [0.15, 0.2) is 0 Å². The first-order chi connectivity index (χ1) is 8.70. The van der Waals surface area contributed by atoms with E-state index in [-0.39, 0.29) is 0 Å². The number of anilines is 3. The Hall–Kier alpha value is -1.38. The van der Waals surface area contributed by atoms with Crippen molar-refractivity contribution in [2.45, 2.75) is 32.1 Å². The fraction of sp³-hybridized carbons (Fsp3) is 0.600. The Morgan fingerprint density at radius 1 is 1.22 bits per heavy atom. The molecule has 3 N–H and O–H groups in total. The zero-order valence-corrected chi connectivity index (χ0v) is 11.2. The third-order valence-electron chi connectivity index (χ3n) is 4.61. The maximum absolute atomic E-state index is 6.10. The van der Waals surface area contributed by atoms with E-state index in [2.05, 4.69) is 23.3 Å². The Labute approximate surface area is 109 Å². The second kappa shape index (κ2) is 4.38. The monoisotopic (exact) mass is 245 g/mol. The average Bonchev–Trinajstić information content (AvgIpc) is 2.50. The largest absolute Gasteiger partial charge is 0.397 e. The van der Waals surface area contributed by atoms with Crippen molar-refractivity contribution in [1.82, 2.24) is 0 Å². The van der Waals surface area contributed by atoms with Gasteiger partial charge in [0.05, 0.1) is 17.1 Å². The van der Waals surface area contributed by atoms with Crippen LogP contribution in [0.3, 0.4) is 0 Å². The standard InChI is InChI=1S/C15H23N3/c1-18-11-15(8-3-2-4-9-15)10-17-14-12(16)6-5-7-13(14)18/h5-7,17H,2-4,8-11,16H2,1H3. The summed E-state index contributed by atoms with van der Waals surface area (Å²) in [5, 5.41) is 3.62. The SMILES string of the molecule is CN1CC2(CCCCC2)CNc2c(N)cccc21. The Kier molecular flexibility index (Phi) is 2.84. The summed E-state index contributed by atoms with van der Waals surface area (Å²) in [6.45, 7) is 2.22. The predicted octanol–water partition coefficient (Wildman–Crippen LogP) is 3.08. The summed E-state index contributed by atoms with van der Waals surface area (Å²) in [6, 6.07) is 6.20. The summed E-state index contributed by atoms with van der Waals surface area (Å²) >= 11 is 0. The van der Waals surface area contributed by atoms with E-state index < -0.39 is 0 Å². The van der Waals surface area contributed by atoms with Gasteiger partial charge in [-0.2, -0.15) is 0 Å². The molecule has 98 valence electrons. The maximum Gasteiger partial charge on any atom is 0.0811 e. The summed E-state index contributed by atoms with van der Waals surface area (Å²) < 4.78 is 0. The lowest BCUT2D eigenvalue weighted by Crippen LogP contribution is -2.40. The molecule has 0 amide bonds. The molecule has 0 unspecified atom stereocenters. The van der Waals surface area contributed by atoms with Crippen LogP contribution in [0.15, 0.2) is 18.2 Å². The molecule has 18 heavy (non-hydrogen) atoms. The van der Waals surface area contributed by atoms with E-state index in [1.165, 1.54) is 37.8 Å². The first-order valence-electron chi connectivity index (χ1n) is 7.04. The molecule has 0 radical (unpaired) electrons. The number of nitrogens with zero attached hydrogens (tertiary/aromatic N) is 1. The first kappa shape index (κ1) is 11.7. The predicted molar refractivity (Wildman–Crippen MR) is 78.1 cm³/mol. The van der Waals surface area contributed by atoms with Crippen LogP contribution in [0.2, 0.25) is 0 Å². The smallest absolute Gasteiger partial charge is 0.0811 e. The zero-order valence-electron chi connectivity index (χ0n) is 11.2. The highest BCUT2D eigenvalue weighted by Gasteiger charge is 2.35. The van der Waals surface area contributed by atoms with Gasteiger partial charge >= 0.3 is 0 Å². The minimum Gasteiger partial charge on any atom is -0.397 e. The molecule has 3 rings (SSSR count). The highest BCUT2D eigenvalue weighted by atomic mass is 15.2. The number of fused-ring (bicyclic) bond motifs is 1. The summed E-state index contributed by atoms with van der Waals surface area (Å²) in [5.41, 5.74) is 9.79. The summed E-state index contributed by atoms with van der Waals surface area (Å²) in [7, 11) is 2.20. The van der Waals surface area contributed by atoms with E-state index in [1.807, 2.05) is 12.1 Å². The first-order valence-corrected chi connectivity index (χ1v) is 7.04. The van der Waals surface area contributed by atoms with Gasteiger partial charge in [-0.05, 0) is 25.0 Å². The van der Waals surface area contributed by atoms with Crippen LogP contribution in [0.25, 0.3) is 0 Å². The van der Waals surface area contributed by atoms with Crippen LogP contribution >= 0.6 is 0 Å². The van der Waals surface area contributed by atoms with Gasteiger partial charge in [-0.15, -0.1) is 0 Å². The number of nitrogens with one attached hydrogen (secondary N) is 1. The molecule has 1 saturated carbocycles. The molecule has 1 spiro atoms. The Bertz CT molecular complexity index is 435. The second-order valence-corrected chi connectivity index (χ2v) is 6.01. The summed E-state index contributed by atoms with van der Waals surface area (Å²) in [4.78, 5) is 2.39. The van der Waals surface area contributed by atoms with Gasteiger partial charge in [0.1, 0.15) is 0 Å². The van der Waals surface area contributed by atoms with E-state index in [4.69, 9.17) is 5.73 Å². The molecule has 3 nitrogen and oxygen atoms in total. The minimum atomic E-state index is 0.443. The Morgan fingerprint density at radius 3 is 2.78 bits per heavy atom. The van der Waals surface area contributed by atoms with Gasteiger partial charge < -0.3 is 16.0 Å². The molecule has 1 aliphatic carbocycles. The van der Waals surface area contributed by atoms with Crippen LogP contribution in [0, 0.1) is 5.41 Å². The van der Waals surface area contributed by atoms with Crippen LogP contribution in [0.5, 0.6) is 0 Å². The minimum absolute atomic E-state index is 0.443. The van der Waals surface area contributed by atoms with E-state index in [9.17, 15) is 0 Å². The summed E-state index contributed by atoms with van der Waals surface area (Å²) in [6.07, 6.45) is 6.85. The molecule has 0 bridgehead atoms. The fourth-order valence-corrected chi connectivity index (χ4v) is 3.62. The second-order valence-electron chi connectivity index (χ2n) is 6.01. The number of nitrogens with two attached hydrogens (primary N) is 1. The van der Waals surface area contributed by atoms with Crippen molar-refractivity contribution in [3.63, 3.8) is 0 Å². The molecule has 1 fully saturated rings. The van der Waals surface area contributed by atoms with Gasteiger partial charge in [-0.3, -0.25) is 0 Å². The molecule has 1 heterocycles. The molecular weight excluding hydrogens is 222 g/mol. The maximum atomic E-state index is 6.10. The third kappa shape index (κ3) is 1.92. The van der Waals surface area contributed by atoms with Gasteiger partial charge in [-0.25, -0.2) is 0 Å². The molecule has 2 aliphatic rings. The number of para-hydroxylation sites is 1. The number of hydrogen-bond donors (Lipinski definition) is 2.